The molecule has 2 aliphatic rings. The molecule has 0 spiro atoms. The van der Waals surface area contributed by atoms with Crippen molar-refractivity contribution in [2.45, 2.75) is 91.8 Å². The number of β-amino-alcohol motifs (C(OH)–C–C–N with tert-alkyl or cyclic N) is 1. The molecule has 2 saturated heterocycles. The van der Waals surface area contributed by atoms with E-state index in [-0.39, 0.29) is 47.9 Å². The van der Waals surface area contributed by atoms with E-state index in [0.29, 0.717) is 25.9 Å². The Kier molecular flexibility index (Phi) is 8.90. The number of rotatable bonds is 7. The summed E-state index contributed by atoms with van der Waals surface area (Å²) in [5.74, 6) is -0.569. The summed E-state index contributed by atoms with van der Waals surface area (Å²) < 4.78 is 0. The average molecular weight is 467 g/mol. The Labute approximate surface area is 197 Å². The molecule has 0 aromatic carbocycles. The lowest BCUT2D eigenvalue weighted by atomic mass is 9.91. The summed E-state index contributed by atoms with van der Waals surface area (Å²) in [7, 11) is 0. The van der Waals surface area contributed by atoms with E-state index in [9.17, 15) is 24.3 Å². The third-order valence-corrected chi connectivity index (χ3v) is 6.05. The molecule has 3 N–H and O–H groups in total. The Bertz CT molecular complexity index is 740. The molecule has 9 heteroatoms. The number of hydrogen-bond donors (Lipinski definition) is 3. The highest BCUT2D eigenvalue weighted by atomic mass is 16.3. The van der Waals surface area contributed by atoms with Crippen molar-refractivity contribution in [3.05, 3.63) is 0 Å². The molecule has 2 heterocycles. The van der Waals surface area contributed by atoms with E-state index < -0.39 is 24.2 Å². The van der Waals surface area contributed by atoms with Gasteiger partial charge in [0.05, 0.1) is 24.7 Å². The predicted molar refractivity (Wildman–Crippen MR) is 125 cm³/mol. The summed E-state index contributed by atoms with van der Waals surface area (Å²) in [5, 5.41) is 15.5. The maximum absolute atomic E-state index is 13.4. The maximum atomic E-state index is 13.4. The normalized spacial score (nSPS) is 23.5. The molecule has 2 aliphatic heterocycles. The molecule has 2 fully saturated rings. The van der Waals surface area contributed by atoms with E-state index in [0.717, 1.165) is 12.8 Å². The molecule has 0 saturated carbocycles. The molecule has 0 aliphatic carbocycles. The molecular weight excluding hydrogens is 424 g/mol. The molecule has 0 aromatic heterocycles. The highest BCUT2D eigenvalue weighted by molar-refractivity contribution is 5.96. The number of nitrogens with one attached hydrogen (secondary N) is 2. The maximum Gasteiger partial charge on any atom is 0.318 e. The van der Waals surface area contributed by atoms with Crippen LogP contribution in [0.25, 0.3) is 0 Å². The summed E-state index contributed by atoms with van der Waals surface area (Å²) in [6.45, 7) is 13.1. The molecule has 33 heavy (non-hydrogen) atoms. The van der Waals surface area contributed by atoms with Crippen molar-refractivity contribution in [2.24, 2.45) is 10.8 Å². The van der Waals surface area contributed by atoms with Gasteiger partial charge in [-0.05, 0) is 30.1 Å². The molecular formula is C24H42N4O5. The van der Waals surface area contributed by atoms with Gasteiger partial charge in [0.15, 0.2) is 5.78 Å². The van der Waals surface area contributed by atoms with Crippen LogP contribution in [0, 0.1) is 10.8 Å². The van der Waals surface area contributed by atoms with Crippen LogP contribution in [0.15, 0.2) is 0 Å². The summed E-state index contributed by atoms with van der Waals surface area (Å²) in [4.78, 5) is 53.9. The van der Waals surface area contributed by atoms with Gasteiger partial charge in [-0.15, -0.1) is 0 Å². The van der Waals surface area contributed by atoms with Crippen LogP contribution in [0.2, 0.25) is 0 Å². The van der Waals surface area contributed by atoms with Gasteiger partial charge in [0.25, 0.3) is 0 Å². The van der Waals surface area contributed by atoms with E-state index in [1.165, 1.54) is 4.90 Å². The van der Waals surface area contributed by atoms with E-state index >= 15 is 0 Å². The fourth-order valence-electron chi connectivity index (χ4n) is 4.34. The first-order chi connectivity index (χ1) is 15.2. The number of likely N-dealkylation sites (tertiary alicyclic amines) is 2. The van der Waals surface area contributed by atoms with Crippen LogP contribution in [0.1, 0.15) is 73.6 Å². The summed E-state index contributed by atoms with van der Waals surface area (Å²) >= 11 is 0. The van der Waals surface area contributed by atoms with Gasteiger partial charge in [-0.3, -0.25) is 14.4 Å². The second kappa shape index (κ2) is 10.8. The summed E-state index contributed by atoms with van der Waals surface area (Å²) in [6, 6.07) is -1.94. The molecule has 3 atom stereocenters. The van der Waals surface area contributed by atoms with Crippen molar-refractivity contribution in [3.63, 3.8) is 0 Å². The Balaban J connectivity index is 1.96. The molecule has 3 unspecified atom stereocenters. The topological polar surface area (TPSA) is 119 Å². The van der Waals surface area contributed by atoms with E-state index in [2.05, 4.69) is 31.4 Å². The van der Waals surface area contributed by atoms with Crippen LogP contribution in [-0.2, 0) is 14.4 Å². The molecule has 0 bridgehead atoms. The second-order valence-corrected chi connectivity index (χ2v) is 11.8. The Hall–Kier alpha value is -2.16. The number of aliphatic hydroxyl groups excluding tert-OH is 1. The lowest BCUT2D eigenvalue weighted by molar-refractivity contribution is -0.140. The van der Waals surface area contributed by atoms with Gasteiger partial charge in [-0.1, -0.05) is 41.5 Å². The zero-order valence-corrected chi connectivity index (χ0v) is 21.1. The first-order valence-corrected chi connectivity index (χ1v) is 12.0. The van der Waals surface area contributed by atoms with E-state index in [4.69, 9.17) is 0 Å². The highest BCUT2D eigenvalue weighted by Gasteiger charge is 2.45. The number of carbonyl (C=O) groups excluding carboxylic acids is 4. The number of ketones is 1. The molecule has 188 valence electrons. The van der Waals surface area contributed by atoms with Crippen LogP contribution in [0.5, 0.6) is 0 Å². The quantitative estimate of drug-likeness (QED) is 0.527. The van der Waals surface area contributed by atoms with Crippen molar-refractivity contribution in [1.29, 1.82) is 0 Å². The fourth-order valence-corrected chi connectivity index (χ4v) is 4.34. The standard InChI is InChI=1S/C24H42N4O5/c1-23(2,3)9-10-25-19(30)14-26-22(33)28-15-16(29)12-18(28)21(32)17-8-7-11-27(17)20(31)13-24(4,5)6/h16-18,29H,7-15H2,1-6H3,(H,25,30)(H,26,33). The summed E-state index contributed by atoms with van der Waals surface area (Å²) in [5.41, 5.74) is -0.0889. The van der Waals surface area contributed by atoms with Crippen molar-refractivity contribution < 1.29 is 24.3 Å². The smallest absolute Gasteiger partial charge is 0.318 e. The first-order valence-electron chi connectivity index (χ1n) is 12.0. The largest absolute Gasteiger partial charge is 0.391 e. The second-order valence-electron chi connectivity index (χ2n) is 11.8. The van der Waals surface area contributed by atoms with Gasteiger partial charge in [0, 0.05) is 32.5 Å². The number of nitrogens with zero attached hydrogens (tertiary/aromatic N) is 2. The van der Waals surface area contributed by atoms with Crippen molar-refractivity contribution >= 4 is 23.6 Å². The van der Waals surface area contributed by atoms with Crippen LogP contribution >= 0.6 is 0 Å². The number of urea groups is 1. The lowest BCUT2D eigenvalue weighted by Crippen LogP contribution is -2.53. The van der Waals surface area contributed by atoms with Gasteiger partial charge in [-0.2, -0.15) is 0 Å². The molecule has 9 nitrogen and oxygen atoms in total. The van der Waals surface area contributed by atoms with E-state index in [1.54, 1.807) is 4.90 Å². The van der Waals surface area contributed by atoms with Gasteiger partial charge < -0.3 is 25.5 Å². The van der Waals surface area contributed by atoms with Gasteiger partial charge in [0.2, 0.25) is 11.8 Å². The molecule has 0 radical (unpaired) electrons. The van der Waals surface area contributed by atoms with Crippen molar-refractivity contribution in [2.75, 3.05) is 26.2 Å². The van der Waals surface area contributed by atoms with Crippen LogP contribution in [0.3, 0.4) is 0 Å². The molecule has 0 aromatic rings. The van der Waals surface area contributed by atoms with E-state index in [1.807, 2.05) is 20.8 Å². The Morgan fingerprint density at radius 2 is 1.61 bits per heavy atom. The highest BCUT2D eigenvalue weighted by Crippen LogP contribution is 2.29. The SMILES string of the molecule is CC(C)(C)CCNC(=O)CNC(=O)N1CC(O)CC1C(=O)C1CCCN1C(=O)CC(C)(C)C. The van der Waals surface area contributed by atoms with Gasteiger partial charge in [0.1, 0.15) is 0 Å². The van der Waals surface area contributed by atoms with Crippen molar-refractivity contribution in [1.82, 2.24) is 20.4 Å². The summed E-state index contributed by atoms with van der Waals surface area (Å²) in [6.07, 6.45) is 1.79. The Morgan fingerprint density at radius 1 is 0.939 bits per heavy atom. The monoisotopic (exact) mass is 466 g/mol. The number of amides is 4. The molecule has 2 rings (SSSR count). The van der Waals surface area contributed by atoms with Gasteiger partial charge in [-0.25, -0.2) is 4.79 Å². The average Bonchev–Trinajstić information content (AvgIpc) is 3.30. The minimum absolute atomic E-state index is 0.0243. The van der Waals surface area contributed by atoms with Crippen LogP contribution in [0.4, 0.5) is 4.79 Å². The minimum Gasteiger partial charge on any atom is -0.391 e. The third-order valence-electron chi connectivity index (χ3n) is 6.05. The zero-order chi connectivity index (χ0) is 25.0. The minimum atomic E-state index is -0.814. The fraction of sp³-hybridized carbons (Fsp3) is 0.833. The number of carbonyl (C=O) groups is 4. The van der Waals surface area contributed by atoms with Gasteiger partial charge >= 0.3 is 6.03 Å². The van der Waals surface area contributed by atoms with Crippen LogP contribution < -0.4 is 10.6 Å². The molecule has 4 amide bonds. The predicted octanol–water partition coefficient (Wildman–Crippen LogP) is 1.68. The van der Waals surface area contributed by atoms with Crippen LogP contribution in [-0.4, -0.2) is 82.9 Å². The zero-order valence-electron chi connectivity index (χ0n) is 21.1. The Morgan fingerprint density at radius 3 is 2.21 bits per heavy atom. The number of aliphatic hydroxyl groups is 1. The van der Waals surface area contributed by atoms with Crippen molar-refractivity contribution in [3.8, 4) is 0 Å². The lowest BCUT2D eigenvalue weighted by Gasteiger charge is -2.31. The first kappa shape index (κ1) is 27.1. The third kappa shape index (κ3) is 8.28. The number of Topliss-reactive ketones (excluding diaryl/α,β-unsaturated/α-hetero) is 1. The number of hydrogen-bond acceptors (Lipinski definition) is 5.